The number of benzene rings is 1. The standard InChI is InChI=1S/C23H22ClFN6O2/c1-13-8-17-20(16-5-4-15(24)9-18(16)25)27-23(28-21(17)22(32)30(13)3)31-6-7-33-19(12-31)14-10-26-29(2)11-14/h4-5,8-11,19H,6-7,12H2,1-3H3. The summed E-state index contributed by atoms with van der Waals surface area (Å²) in [5, 5.41) is 5.01. The lowest BCUT2D eigenvalue weighted by Gasteiger charge is -2.32. The summed E-state index contributed by atoms with van der Waals surface area (Å²) in [5.74, 6) is -0.160. The first-order chi connectivity index (χ1) is 15.8. The molecule has 8 nitrogen and oxygen atoms in total. The van der Waals surface area contributed by atoms with Crippen molar-refractivity contribution in [1.82, 2.24) is 24.3 Å². The SMILES string of the molecule is Cc1cc2c(-c3ccc(Cl)cc3F)nc(N3CCOC(c4cnn(C)c4)C3)nc2c(=O)n1C. The molecular formula is C23H22ClFN6O2. The lowest BCUT2D eigenvalue weighted by Crippen LogP contribution is -2.39. The van der Waals surface area contributed by atoms with Gasteiger partial charge < -0.3 is 14.2 Å². The van der Waals surface area contributed by atoms with Gasteiger partial charge in [-0.25, -0.2) is 14.4 Å². The number of hydrogen-bond donors (Lipinski definition) is 0. The van der Waals surface area contributed by atoms with E-state index in [9.17, 15) is 9.18 Å². The fourth-order valence-corrected chi connectivity index (χ4v) is 4.21. The number of rotatable bonds is 3. The van der Waals surface area contributed by atoms with E-state index in [1.165, 1.54) is 10.6 Å². The molecule has 10 heteroatoms. The summed E-state index contributed by atoms with van der Waals surface area (Å²) >= 11 is 5.97. The highest BCUT2D eigenvalue weighted by molar-refractivity contribution is 6.30. The smallest absolute Gasteiger partial charge is 0.277 e. The third kappa shape index (κ3) is 3.87. The number of pyridine rings is 1. The molecule has 1 aromatic carbocycles. The van der Waals surface area contributed by atoms with Crippen LogP contribution in [0.2, 0.25) is 5.02 Å². The molecule has 1 fully saturated rings. The summed E-state index contributed by atoms with van der Waals surface area (Å²) in [6, 6.07) is 6.23. The lowest BCUT2D eigenvalue weighted by atomic mass is 10.1. The van der Waals surface area contributed by atoms with Gasteiger partial charge in [0.2, 0.25) is 5.95 Å². The number of morpholine rings is 1. The van der Waals surface area contributed by atoms with Crippen LogP contribution in [-0.4, -0.2) is 44.0 Å². The first kappa shape index (κ1) is 21.5. The van der Waals surface area contributed by atoms with Gasteiger partial charge in [-0.05, 0) is 31.2 Å². The van der Waals surface area contributed by atoms with Crippen molar-refractivity contribution in [3.8, 4) is 11.3 Å². The quantitative estimate of drug-likeness (QED) is 0.458. The van der Waals surface area contributed by atoms with Crippen molar-refractivity contribution in [2.75, 3.05) is 24.6 Å². The van der Waals surface area contributed by atoms with E-state index in [1.807, 2.05) is 31.1 Å². The number of ether oxygens (including phenoxy) is 1. The molecule has 0 radical (unpaired) electrons. The molecule has 0 amide bonds. The van der Waals surface area contributed by atoms with Crippen LogP contribution in [-0.2, 0) is 18.8 Å². The van der Waals surface area contributed by atoms with Gasteiger partial charge in [0.05, 0.1) is 25.0 Å². The topological polar surface area (TPSA) is 78.1 Å². The average Bonchev–Trinajstić information content (AvgIpc) is 3.24. The minimum Gasteiger partial charge on any atom is -0.370 e. The molecule has 1 aliphatic heterocycles. The summed E-state index contributed by atoms with van der Waals surface area (Å²) in [7, 11) is 3.54. The van der Waals surface area contributed by atoms with E-state index in [0.29, 0.717) is 36.7 Å². The molecule has 33 heavy (non-hydrogen) atoms. The molecule has 1 saturated heterocycles. The second-order valence-corrected chi connectivity index (χ2v) is 8.60. The first-order valence-electron chi connectivity index (χ1n) is 10.5. The van der Waals surface area contributed by atoms with Gasteiger partial charge in [0, 0.05) is 54.1 Å². The van der Waals surface area contributed by atoms with Gasteiger partial charge in [-0.15, -0.1) is 0 Å². The minimum absolute atomic E-state index is 0.219. The Kier molecular flexibility index (Phi) is 5.38. The molecule has 0 saturated carbocycles. The number of halogens is 2. The Morgan fingerprint density at radius 2 is 2.03 bits per heavy atom. The zero-order valence-corrected chi connectivity index (χ0v) is 19.2. The van der Waals surface area contributed by atoms with Crippen LogP contribution < -0.4 is 10.5 Å². The van der Waals surface area contributed by atoms with Crippen molar-refractivity contribution in [2.45, 2.75) is 13.0 Å². The van der Waals surface area contributed by atoms with Crippen LogP contribution in [0.15, 0.2) is 41.5 Å². The van der Waals surface area contributed by atoms with E-state index in [2.05, 4.69) is 10.1 Å². The third-order valence-electron chi connectivity index (χ3n) is 5.96. The molecule has 4 aromatic rings. The number of nitrogens with zero attached hydrogens (tertiary/aromatic N) is 6. The van der Waals surface area contributed by atoms with Gasteiger partial charge in [0.15, 0.2) is 0 Å². The Labute approximate surface area is 194 Å². The van der Waals surface area contributed by atoms with E-state index >= 15 is 0 Å². The average molecular weight is 469 g/mol. The van der Waals surface area contributed by atoms with E-state index in [1.54, 1.807) is 30.1 Å². The van der Waals surface area contributed by atoms with Crippen molar-refractivity contribution in [2.24, 2.45) is 14.1 Å². The van der Waals surface area contributed by atoms with Crippen molar-refractivity contribution < 1.29 is 9.13 Å². The van der Waals surface area contributed by atoms with Crippen LogP contribution in [0.3, 0.4) is 0 Å². The monoisotopic (exact) mass is 468 g/mol. The largest absolute Gasteiger partial charge is 0.370 e. The summed E-state index contributed by atoms with van der Waals surface area (Å²) < 4.78 is 24.1. The van der Waals surface area contributed by atoms with Crippen molar-refractivity contribution >= 4 is 28.5 Å². The fourth-order valence-electron chi connectivity index (χ4n) is 4.05. The normalized spacial score (nSPS) is 16.5. The van der Waals surface area contributed by atoms with Gasteiger partial charge in [-0.2, -0.15) is 5.10 Å². The van der Waals surface area contributed by atoms with Gasteiger partial charge in [0.1, 0.15) is 17.4 Å². The minimum atomic E-state index is -0.512. The number of hydrogen-bond acceptors (Lipinski definition) is 6. The maximum Gasteiger partial charge on any atom is 0.277 e. The summed E-state index contributed by atoms with van der Waals surface area (Å²) in [5.41, 5.74) is 2.26. The first-order valence-corrected chi connectivity index (χ1v) is 10.9. The molecule has 170 valence electrons. The summed E-state index contributed by atoms with van der Waals surface area (Å²) in [6.45, 7) is 3.29. The molecule has 0 aliphatic carbocycles. The Morgan fingerprint density at radius 1 is 1.21 bits per heavy atom. The van der Waals surface area contributed by atoms with E-state index in [0.717, 1.165) is 11.3 Å². The van der Waals surface area contributed by atoms with Crippen LogP contribution in [0.5, 0.6) is 0 Å². The third-order valence-corrected chi connectivity index (χ3v) is 6.19. The number of aryl methyl sites for hydroxylation is 2. The zero-order chi connectivity index (χ0) is 23.3. The van der Waals surface area contributed by atoms with Crippen LogP contribution in [0, 0.1) is 12.7 Å². The number of anilines is 1. The Morgan fingerprint density at radius 3 is 2.76 bits per heavy atom. The highest BCUT2D eigenvalue weighted by Crippen LogP contribution is 2.32. The molecule has 5 rings (SSSR count). The van der Waals surface area contributed by atoms with Gasteiger partial charge in [0.25, 0.3) is 5.56 Å². The lowest BCUT2D eigenvalue weighted by molar-refractivity contribution is 0.0392. The predicted octanol–water partition coefficient (Wildman–Crippen LogP) is 3.41. The Balaban J connectivity index is 1.67. The Bertz CT molecular complexity index is 1430. The fraction of sp³-hybridized carbons (Fsp3) is 0.304. The van der Waals surface area contributed by atoms with Gasteiger partial charge in [-0.1, -0.05) is 11.6 Å². The van der Waals surface area contributed by atoms with Crippen LogP contribution in [0.1, 0.15) is 17.4 Å². The Hall–Kier alpha value is -3.30. The van der Waals surface area contributed by atoms with Crippen LogP contribution >= 0.6 is 11.6 Å². The van der Waals surface area contributed by atoms with Crippen LogP contribution in [0.25, 0.3) is 22.2 Å². The van der Waals surface area contributed by atoms with Crippen LogP contribution in [0.4, 0.5) is 10.3 Å². The van der Waals surface area contributed by atoms with Crippen molar-refractivity contribution in [3.63, 3.8) is 0 Å². The molecule has 4 heterocycles. The maximum absolute atomic E-state index is 14.9. The highest BCUT2D eigenvalue weighted by atomic mass is 35.5. The molecule has 1 atom stereocenters. The molecular weight excluding hydrogens is 447 g/mol. The maximum atomic E-state index is 14.9. The molecule has 1 unspecified atom stereocenters. The van der Waals surface area contributed by atoms with Gasteiger partial charge >= 0.3 is 0 Å². The van der Waals surface area contributed by atoms with E-state index in [4.69, 9.17) is 21.3 Å². The summed E-state index contributed by atoms with van der Waals surface area (Å²) in [4.78, 5) is 24.4. The molecule has 0 bridgehead atoms. The number of aromatic nitrogens is 5. The van der Waals surface area contributed by atoms with E-state index < -0.39 is 5.82 Å². The van der Waals surface area contributed by atoms with E-state index in [-0.39, 0.29) is 27.8 Å². The second kappa shape index (κ2) is 8.24. The molecule has 0 N–H and O–H groups in total. The summed E-state index contributed by atoms with van der Waals surface area (Å²) in [6.07, 6.45) is 3.45. The molecule has 1 aliphatic rings. The molecule has 3 aromatic heterocycles. The zero-order valence-electron chi connectivity index (χ0n) is 18.4. The highest BCUT2D eigenvalue weighted by Gasteiger charge is 2.27. The predicted molar refractivity (Wildman–Crippen MR) is 124 cm³/mol. The second-order valence-electron chi connectivity index (χ2n) is 8.16. The molecule has 0 spiro atoms. The van der Waals surface area contributed by atoms with Crippen molar-refractivity contribution in [1.29, 1.82) is 0 Å². The van der Waals surface area contributed by atoms with Crippen molar-refractivity contribution in [3.05, 3.63) is 69.1 Å². The number of fused-ring (bicyclic) bond motifs is 1. The van der Waals surface area contributed by atoms with Gasteiger partial charge in [-0.3, -0.25) is 9.48 Å².